The molecule has 1 amide bonds. The third-order valence-electron chi connectivity index (χ3n) is 7.81. The Morgan fingerprint density at radius 1 is 1.07 bits per heavy atom. The van der Waals surface area contributed by atoms with Gasteiger partial charge in [0.15, 0.2) is 5.82 Å². The number of carbonyl (C=O) groups excluding carboxylic acids is 1. The molecule has 0 unspecified atom stereocenters. The van der Waals surface area contributed by atoms with E-state index < -0.39 is 14.4 Å². The second-order valence-corrected chi connectivity index (χ2v) is 15.6. The van der Waals surface area contributed by atoms with Crippen LogP contribution < -0.4 is 15.2 Å². The Kier molecular flexibility index (Phi) is 8.06. The van der Waals surface area contributed by atoms with Gasteiger partial charge in [-0.05, 0) is 79.7 Å². The van der Waals surface area contributed by atoms with Crippen molar-refractivity contribution in [2.45, 2.75) is 38.9 Å². The smallest absolute Gasteiger partial charge is 0.222 e. The summed E-state index contributed by atoms with van der Waals surface area (Å²) >= 11 is 6.20. The van der Waals surface area contributed by atoms with Crippen LogP contribution in [0.1, 0.15) is 40.8 Å². The standard InChI is InChI=1S/C33H33ClN6O3Si/c1-20-38-39-33-29(18-31(41)35-14-13-21-15-23-7-11-26(44(3,4)42)17-28(23)36-19-21)37-32(22-5-8-24(34)9-6-22)27-16-25(43-2)10-12-30(27)40(20)33/h5-12,15-17,19,29,42H,13-14,18H2,1-4H3,(H,35,41)/t29-/m0/s1. The van der Waals surface area contributed by atoms with Gasteiger partial charge in [-0.3, -0.25) is 19.3 Å². The van der Waals surface area contributed by atoms with Crippen LogP contribution in [0, 0.1) is 6.92 Å². The zero-order chi connectivity index (χ0) is 31.0. The molecule has 0 saturated heterocycles. The van der Waals surface area contributed by atoms with Gasteiger partial charge in [-0.1, -0.05) is 35.9 Å². The largest absolute Gasteiger partial charge is 0.497 e. The number of aliphatic imine (C=N–C) groups is 1. The van der Waals surface area contributed by atoms with E-state index in [9.17, 15) is 9.59 Å². The van der Waals surface area contributed by atoms with Gasteiger partial charge in [0.05, 0.1) is 30.4 Å². The highest BCUT2D eigenvalue weighted by Gasteiger charge is 2.30. The molecule has 1 atom stereocenters. The predicted octanol–water partition coefficient (Wildman–Crippen LogP) is 4.83. The number of aryl methyl sites for hydroxylation is 1. The number of nitrogens with one attached hydrogen (secondary N) is 1. The van der Waals surface area contributed by atoms with Crippen LogP contribution in [-0.4, -0.2) is 58.1 Å². The van der Waals surface area contributed by atoms with E-state index in [-0.39, 0.29) is 12.3 Å². The normalized spacial score (nSPS) is 14.4. The maximum atomic E-state index is 13.3. The molecule has 2 N–H and O–H groups in total. The molecule has 0 aliphatic carbocycles. The summed E-state index contributed by atoms with van der Waals surface area (Å²) in [7, 11) is -0.779. The minimum absolute atomic E-state index is 0.0972. The Balaban J connectivity index is 1.24. The molecule has 6 rings (SSSR count). The van der Waals surface area contributed by atoms with Gasteiger partial charge in [0.25, 0.3) is 0 Å². The first kappa shape index (κ1) is 29.7. The first-order chi connectivity index (χ1) is 21.1. The average Bonchev–Trinajstić information content (AvgIpc) is 3.33. The molecule has 1 aliphatic rings. The predicted molar refractivity (Wildman–Crippen MR) is 175 cm³/mol. The van der Waals surface area contributed by atoms with Crippen LogP contribution in [0.3, 0.4) is 0 Å². The van der Waals surface area contributed by atoms with Gasteiger partial charge in [0.1, 0.15) is 17.6 Å². The van der Waals surface area contributed by atoms with Crippen molar-refractivity contribution >= 4 is 47.6 Å². The molecule has 5 aromatic rings. The minimum Gasteiger partial charge on any atom is -0.497 e. The van der Waals surface area contributed by atoms with Gasteiger partial charge < -0.3 is 14.8 Å². The number of fused-ring (bicyclic) bond motifs is 4. The SMILES string of the molecule is COc1ccc2c(c1)C(c1ccc(Cl)cc1)=N[C@@H](CC(=O)NCCc1cnc3cc([Si](C)(C)O)ccc3c1)c1nnc(C)n1-2. The molecule has 224 valence electrons. The van der Waals surface area contributed by atoms with Crippen LogP contribution in [0.2, 0.25) is 18.1 Å². The number of ether oxygens (including phenoxy) is 1. The molecule has 0 radical (unpaired) electrons. The maximum Gasteiger partial charge on any atom is 0.222 e. The van der Waals surface area contributed by atoms with Gasteiger partial charge in [0.2, 0.25) is 14.2 Å². The average molecular weight is 625 g/mol. The second-order valence-electron chi connectivity index (χ2n) is 11.4. The number of pyridine rings is 1. The summed E-state index contributed by atoms with van der Waals surface area (Å²) in [6, 6.07) is 20.7. The highest BCUT2D eigenvalue weighted by molar-refractivity contribution is 6.83. The molecule has 2 aromatic heterocycles. The number of carbonyl (C=O) groups is 1. The summed E-state index contributed by atoms with van der Waals surface area (Å²) in [5.41, 5.74) is 5.16. The van der Waals surface area contributed by atoms with E-state index in [2.05, 4.69) is 26.6 Å². The van der Waals surface area contributed by atoms with E-state index in [0.29, 0.717) is 35.4 Å². The van der Waals surface area contributed by atoms with Crippen molar-refractivity contribution in [1.82, 2.24) is 25.1 Å². The Bertz CT molecular complexity index is 1900. The molecule has 0 bridgehead atoms. The third kappa shape index (κ3) is 6.01. The van der Waals surface area contributed by atoms with Crippen molar-refractivity contribution in [2.24, 2.45) is 4.99 Å². The Hall–Kier alpha value is -4.38. The summed E-state index contributed by atoms with van der Waals surface area (Å²) in [4.78, 5) is 33.5. The minimum atomic E-state index is -2.41. The molecule has 0 spiro atoms. The lowest BCUT2D eigenvalue weighted by atomic mass is 10.00. The number of halogens is 1. The van der Waals surface area contributed by atoms with Crippen LogP contribution in [0.4, 0.5) is 0 Å². The Morgan fingerprint density at radius 3 is 2.61 bits per heavy atom. The van der Waals surface area contributed by atoms with E-state index in [1.165, 1.54) is 0 Å². The first-order valence-electron chi connectivity index (χ1n) is 14.4. The Morgan fingerprint density at radius 2 is 1.86 bits per heavy atom. The fourth-order valence-electron chi connectivity index (χ4n) is 5.46. The van der Waals surface area contributed by atoms with Crippen molar-refractivity contribution in [3.63, 3.8) is 0 Å². The van der Waals surface area contributed by atoms with E-state index in [1.807, 2.05) is 91.4 Å². The fraction of sp³-hybridized carbons (Fsp3) is 0.242. The van der Waals surface area contributed by atoms with Gasteiger partial charge in [0, 0.05) is 34.3 Å². The lowest BCUT2D eigenvalue weighted by Gasteiger charge is -2.15. The molecular weight excluding hydrogens is 592 g/mol. The topological polar surface area (TPSA) is 115 Å². The van der Waals surface area contributed by atoms with Crippen LogP contribution in [0.15, 0.2) is 77.9 Å². The first-order valence-corrected chi connectivity index (χ1v) is 17.8. The van der Waals surface area contributed by atoms with E-state index in [4.69, 9.17) is 21.3 Å². The number of amides is 1. The van der Waals surface area contributed by atoms with Gasteiger partial charge in [-0.15, -0.1) is 10.2 Å². The van der Waals surface area contributed by atoms with Crippen molar-refractivity contribution in [3.8, 4) is 11.4 Å². The van der Waals surface area contributed by atoms with E-state index in [0.717, 1.165) is 44.2 Å². The summed E-state index contributed by atoms with van der Waals surface area (Å²) in [5, 5.41) is 14.4. The van der Waals surface area contributed by atoms with Gasteiger partial charge in [-0.2, -0.15) is 0 Å². The number of hydrogen-bond donors (Lipinski definition) is 2. The molecule has 44 heavy (non-hydrogen) atoms. The van der Waals surface area contributed by atoms with Crippen LogP contribution in [0.25, 0.3) is 16.6 Å². The van der Waals surface area contributed by atoms with Crippen LogP contribution >= 0.6 is 11.6 Å². The molecule has 1 aliphatic heterocycles. The molecule has 0 saturated carbocycles. The summed E-state index contributed by atoms with van der Waals surface area (Å²) < 4.78 is 7.51. The Labute approximate surface area is 261 Å². The number of nitrogens with zero attached hydrogens (tertiary/aromatic N) is 5. The number of methoxy groups -OCH3 is 1. The third-order valence-corrected chi connectivity index (χ3v) is 9.79. The lowest BCUT2D eigenvalue weighted by molar-refractivity contribution is -0.121. The fourth-order valence-corrected chi connectivity index (χ4v) is 6.56. The number of benzene rings is 3. The van der Waals surface area contributed by atoms with Crippen LogP contribution in [0.5, 0.6) is 5.75 Å². The molecule has 11 heteroatoms. The molecule has 0 fully saturated rings. The molecule has 3 aromatic carbocycles. The van der Waals surface area contributed by atoms with Crippen molar-refractivity contribution < 1.29 is 14.3 Å². The molecule has 9 nitrogen and oxygen atoms in total. The number of aromatic nitrogens is 4. The number of hydrogen-bond acceptors (Lipinski definition) is 7. The highest BCUT2D eigenvalue weighted by Crippen LogP contribution is 2.34. The van der Waals surface area contributed by atoms with Crippen molar-refractivity contribution in [2.75, 3.05) is 13.7 Å². The zero-order valence-electron chi connectivity index (χ0n) is 25.0. The zero-order valence-corrected chi connectivity index (χ0v) is 26.8. The molecular formula is C33H33ClN6O3Si. The molecule has 3 heterocycles. The van der Waals surface area contributed by atoms with E-state index in [1.54, 1.807) is 7.11 Å². The second kappa shape index (κ2) is 12.0. The van der Waals surface area contributed by atoms with Gasteiger partial charge in [-0.25, -0.2) is 0 Å². The van der Waals surface area contributed by atoms with Crippen molar-refractivity contribution in [3.05, 3.63) is 106 Å². The monoisotopic (exact) mass is 624 g/mol. The number of rotatable bonds is 8. The van der Waals surface area contributed by atoms with Crippen molar-refractivity contribution in [1.29, 1.82) is 0 Å². The van der Waals surface area contributed by atoms with Gasteiger partial charge >= 0.3 is 0 Å². The lowest BCUT2D eigenvalue weighted by Crippen LogP contribution is -2.41. The van der Waals surface area contributed by atoms with Crippen LogP contribution in [-0.2, 0) is 11.2 Å². The maximum absolute atomic E-state index is 13.3. The summed E-state index contributed by atoms with van der Waals surface area (Å²) in [5.74, 6) is 1.85. The summed E-state index contributed by atoms with van der Waals surface area (Å²) in [6.07, 6.45) is 2.55. The quantitative estimate of drug-likeness (QED) is 0.239. The van der Waals surface area contributed by atoms with E-state index >= 15 is 0 Å². The highest BCUT2D eigenvalue weighted by atomic mass is 35.5. The summed E-state index contributed by atoms with van der Waals surface area (Å²) in [6.45, 7) is 6.13.